The van der Waals surface area contributed by atoms with Crippen LogP contribution in [0.3, 0.4) is 0 Å². The fourth-order valence-electron chi connectivity index (χ4n) is 7.81. The lowest BCUT2D eigenvalue weighted by molar-refractivity contribution is -0.143. The number of carbonyl (C=O) groups is 5. The number of benzene rings is 4. The quantitative estimate of drug-likeness (QED) is 0.170. The SMILES string of the molecule is O=C1N[C@H](Cc2ccccc2)C(=O)N2C[C@@H](O)C[C@@H]2C(=O)N[C@@H](Cc2csc3ccccc23)C(=O)N[C@H](C(=O)O)Cc2ccc(cc2)OCCn2cc(nn2)COc2ccccc21. The molecule has 9 rings (SSSR count). The van der Waals surface area contributed by atoms with E-state index in [1.165, 1.54) is 16.2 Å². The van der Waals surface area contributed by atoms with E-state index in [1.807, 2.05) is 47.8 Å². The summed E-state index contributed by atoms with van der Waals surface area (Å²) >= 11 is 1.47. The maximum absolute atomic E-state index is 14.7. The van der Waals surface area contributed by atoms with Crippen molar-refractivity contribution < 1.29 is 43.7 Å². The average Bonchev–Trinajstić information content (AvgIpc) is 4.04. The number of carboxylic acids is 1. The van der Waals surface area contributed by atoms with Crippen molar-refractivity contribution in [2.24, 2.45) is 0 Å². The second-order valence-electron chi connectivity index (χ2n) is 15.5. The van der Waals surface area contributed by atoms with Crippen LogP contribution in [0.15, 0.2) is 115 Å². The maximum Gasteiger partial charge on any atom is 0.326 e. The van der Waals surface area contributed by atoms with Gasteiger partial charge in [0.15, 0.2) is 0 Å². The van der Waals surface area contributed by atoms with Crippen molar-refractivity contribution in [2.45, 2.75) is 69.1 Å². The molecule has 324 valence electrons. The monoisotopic (exact) mass is 871 g/mol. The highest BCUT2D eigenvalue weighted by Gasteiger charge is 2.43. The fourth-order valence-corrected chi connectivity index (χ4v) is 8.79. The summed E-state index contributed by atoms with van der Waals surface area (Å²) in [6.07, 6.45) is 0.457. The number of aromatic nitrogens is 3. The highest BCUT2D eigenvalue weighted by atomic mass is 32.1. The lowest BCUT2D eigenvalue weighted by atomic mass is 10.0. The molecule has 16 nitrogen and oxygen atoms in total. The van der Waals surface area contributed by atoms with Crippen molar-refractivity contribution in [1.29, 1.82) is 0 Å². The molecule has 0 saturated carbocycles. The number of fused-ring (bicyclic) bond motifs is 15. The van der Waals surface area contributed by atoms with Gasteiger partial charge in [-0.15, -0.1) is 16.4 Å². The molecule has 1 saturated heterocycles. The van der Waals surface area contributed by atoms with Crippen LogP contribution in [-0.2, 0) is 51.6 Å². The summed E-state index contributed by atoms with van der Waals surface area (Å²) in [6.45, 7) is 0.368. The van der Waals surface area contributed by atoms with Crippen LogP contribution in [0, 0.1) is 0 Å². The first-order valence-electron chi connectivity index (χ1n) is 20.5. The topological polar surface area (TPSA) is 214 Å². The minimum Gasteiger partial charge on any atom is -0.492 e. The van der Waals surface area contributed by atoms with Gasteiger partial charge in [0.2, 0.25) is 17.7 Å². The molecule has 5 atom stereocenters. The van der Waals surface area contributed by atoms with E-state index in [0.29, 0.717) is 23.6 Å². The van der Waals surface area contributed by atoms with E-state index < -0.39 is 59.9 Å². The molecule has 4 amide bonds. The van der Waals surface area contributed by atoms with E-state index in [9.17, 15) is 34.2 Å². The normalized spacial score (nSPS) is 21.5. The number of carbonyl (C=O) groups excluding carboxylic acids is 4. The van der Waals surface area contributed by atoms with Crippen molar-refractivity contribution in [3.63, 3.8) is 0 Å². The number of nitrogens with zero attached hydrogens (tertiary/aromatic N) is 4. The first-order valence-corrected chi connectivity index (χ1v) is 21.4. The molecule has 0 aliphatic carbocycles. The van der Waals surface area contributed by atoms with Gasteiger partial charge in [-0.25, -0.2) is 9.48 Å². The number of thiophene rings is 1. The van der Waals surface area contributed by atoms with Gasteiger partial charge in [0, 0.05) is 36.9 Å². The second-order valence-corrected chi connectivity index (χ2v) is 16.4. The standard InChI is InChI=1S/C46H45N7O9S/c54-32-23-39-44(57)47-36(22-30-27-63-41-13-7-5-10-34(30)41)43(56)49-38(46(59)60)21-29-14-16-33(17-15-29)61-19-18-52-24-31(50-51-52)26-62-40-12-6-4-11-35(40)42(55)48-37(45(58)53(39)25-32)20-28-8-2-1-3-9-28/h1-17,24,27,32,36-39,54H,18-23,25-26H2,(H,47,57)(H,48,55)(H,49,56)(H,59,60)/t32-,36-,37+,38-,39+/m0/s1. The van der Waals surface area contributed by atoms with Crippen LogP contribution in [0.1, 0.15) is 39.2 Å². The molecular weight excluding hydrogens is 827 g/mol. The largest absolute Gasteiger partial charge is 0.492 e. The number of amides is 4. The maximum atomic E-state index is 14.7. The molecule has 4 aromatic carbocycles. The average molecular weight is 872 g/mol. The number of rotatable bonds is 5. The number of nitrogens with one attached hydrogen (secondary N) is 3. The smallest absolute Gasteiger partial charge is 0.326 e. The third-order valence-corrected chi connectivity index (χ3v) is 12.0. The van der Waals surface area contributed by atoms with Crippen LogP contribution >= 0.6 is 11.3 Å². The van der Waals surface area contributed by atoms with Gasteiger partial charge in [-0.3, -0.25) is 19.2 Å². The fraction of sp³-hybridized carbons (Fsp3) is 0.283. The second kappa shape index (κ2) is 19.3. The van der Waals surface area contributed by atoms with Gasteiger partial charge >= 0.3 is 5.97 Å². The van der Waals surface area contributed by atoms with E-state index >= 15 is 0 Å². The summed E-state index contributed by atoms with van der Waals surface area (Å²) in [5, 5.41) is 40.7. The summed E-state index contributed by atoms with van der Waals surface area (Å²) in [5.74, 6) is -3.21. The van der Waals surface area contributed by atoms with Crippen LogP contribution in [0.2, 0.25) is 0 Å². The lowest BCUT2D eigenvalue weighted by Crippen LogP contribution is -2.58. The minimum atomic E-state index is -1.37. The Kier molecular flexibility index (Phi) is 13.0. The third-order valence-electron chi connectivity index (χ3n) is 11.0. The van der Waals surface area contributed by atoms with E-state index in [0.717, 1.165) is 21.2 Å². The Hall–Kier alpha value is -7.11. The molecule has 5 heterocycles. The molecule has 63 heavy (non-hydrogen) atoms. The number of para-hydroxylation sites is 1. The zero-order valence-electron chi connectivity index (χ0n) is 34.0. The Morgan fingerprint density at radius 3 is 2.40 bits per heavy atom. The molecule has 3 aliphatic heterocycles. The van der Waals surface area contributed by atoms with Crippen molar-refractivity contribution in [3.8, 4) is 11.5 Å². The molecule has 0 radical (unpaired) electrons. The molecule has 0 unspecified atom stereocenters. The summed E-state index contributed by atoms with van der Waals surface area (Å²) in [6, 6.07) is 25.0. The summed E-state index contributed by atoms with van der Waals surface area (Å²) in [7, 11) is 0. The van der Waals surface area contributed by atoms with E-state index in [1.54, 1.807) is 71.5 Å². The molecule has 17 heteroatoms. The van der Waals surface area contributed by atoms with Crippen LogP contribution in [0.5, 0.6) is 11.5 Å². The summed E-state index contributed by atoms with van der Waals surface area (Å²) in [4.78, 5) is 71.3. The molecule has 2 aromatic heterocycles. The molecule has 6 aromatic rings. The van der Waals surface area contributed by atoms with Crippen LogP contribution in [0.25, 0.3) is 10.1 Å². The molecule has 5 N–H and O–H groups in total. The zero-order chi connectivity index (χ0) is 43.9. The van der Waals surface area contributed by atoms with Crippen LogP contribution in [0.4, 0.5) is 0 Å². The highest BCUT2D eigenvalue weighted by Crippen LogP contribution is 2.28. The highest BCUT2D eigenvalue weighted by molar-refractivity contribution is 7.17. The Morgan fingerprint density at radius 1 is 0.825 bits per heavy atom. The van der Waals surface area contributed by atoms with Gasteiger partial charge in [-0.2, -0.15) is 0 Å². The van der Waals surface area contributed by atoms with Gasteiger partial charge in [-0.1, -0.05) is 78.0 Å². The number of carboxylic acid groups (broad SMARTS) is 1. The van der Waals surface area contributed by atoms with Crippen LogP contribution < -0.4 is 25.4 Å². The first-order chi connectivity index (χ1) is 30.6. The van der Waals surface area contributed by atoms with Crippen molar-refractivity contribution in [1.82, 2.24) is 35.8 Å². The number of aliphatic hydroxyl groups excluding tert-OH is 1. The van der Waals surface area contributed by atoms with Crippen molar-refractivity contribution in [2.75, 3.05) is 13.2 Å². The minimum absolute atomic E-state index is 0.00711. The number of hydrogen-bond donors (Lipinski definition) is 5. The number of aliphatic carboxylic acids is 1. The Balaban J connectivity index is 1.13. The third kappa shape index (κ3) is 10.3. The van der Waals surface area contributed by atoms with E-state index in [2.05, 4.69) is 26.3 Å². The van der Waals surface area contributed by atoms with Gasteiger partial charge in [0.25, 0.3) is 5.91 Å². The molecule has 3 aliphatic rings. The number of hydrogen-bond acceptors (Lipinski definition) is 11. The van der Waals surface area contributed by atoms with Crippen molar-refractivity contribution in [3.05, 3.63) is 143 Å². The zero-order valence-corrected chi connectivity index (χ0v) is 34.8. The Morgan fingerprint density at radius 2 is 1.59 bits per heavy atom. The van der Waals surface area contributed by atoms with Gasteiger partial charge in [0.1, 0.15) is 54.6 Å². The predicted molar refractivity (Wildman–Crippen MR) is 231 cm³/mol. The lowest BCUT2D eigenvalue weighted by Gasteiger charge is -2.30. The van der Waals surface area contributed by atoms with Gasteiger partial charge < -0.3 is 40.5 Å². The van der Waals surface area contributed by atoms with Crippen molar-refractivity contribution >= 4 is 51.0 Å². The molecule has 1 fully saturated rings. The van der Waals surface area contributed by atoms with E-state index in [-0.39, 0.29) is 56.8 Å². The number of aliphatic hydroxyl groups is 1. The van der Waals surface area contributed by atoms with Gasteiger partial charge in [-0.05, 0) is 57.8 Å². The van der Waals surface area contributed by atoms with E-state index in [4.69, 9.17) is 9.47 Å². The summed E-state index contributed by atoms with van der Waals surface area (Å²) < 4.78 is 14.5. The predicted octanol–water partition coefficient (Wildman–Crippen LogP) is 3.31. The Bertz CT molecular complexity index is 2600. The number of ether oxygens (including phenoxy) is 2. The van der Waals surface area contributed by atoms with Crippen LogP contribution in [-0.4, -0.2) is 103 Å². The van der Waals surface area contributed by atoms with Gasteiger partial charge in [0.05, 0.1) is 24.4 Å². The molecular formula is C46H45N7O9S. The Labute approximate surface area is 365 Å². The summed E-state index contributed by atoms with van der Waals surface area (Å²) in [5.41, 5.74) is 2.75. The first kappa shape index (κ1) is 42.6. The molecule has 4 bridgehead atoms. The molecule has 0 spiro atoms.